The molecule has 0 bridgehead atoms. The molecule has 0 amide bonds. The Balaban J connectivity index is 2.12. The number of hydrogen-bond acceptors (Lipinski definition) is 0. The molecule has 0 unspecified atom stereocenters. The van der Waals surface area contributed by atoms with Crippen LogP contribution in [0.3, 0.4) is 0 Å². The maximum atomic E-state index is 12.8. The molecule has 9 heavy (non-hydrogen) atoms. The van der Waals surface area contributed by atoms with Crippen molar-refractivity contribution in [1.29, 1.82) is 0 Å². The topological polar surface area (TPSA) is 0 Å². The fraction of sp³-hybridized carbons (Fsp3) is 1.00. The number of rotatable bonds is 2. The van der Waals surface area contributed by atoms with Gasteiger partial charge in [-0.25, -0.2) is 4.39 Å². The van der Waals surface area contributed by atoms with Gasteiger partial charge in [-0.3, -0.25) is 0 Å². The van der Waals surface area contributed by atoms with Crippen molar-refractivity contribution in [3.63, 3.8) is 0 Å². The molecule has 0 aromatic rings. The van der Waals surface area contributed by atoms with Gasteiger partial charge in [-0.2, -0.15) is 0 Å². The molecule has 1 aliphatic carbocycles. The van der Waals surface area contributed by atoms with Crippen LogP contribution in [0, 0.1) is 5.92 Å². The second kappa shape index (κ2) is 2.28. The lowest BCUT2D eigenvalue weighted by molar-refractivity contribution is 0.0211. The van der Waals surface area contributed by atoms with Crippen LogP contribution in [0.5, 0.6) is 0 Å². The average Bonchev–Trinajstić information content (AvgIpc) is 1.62. The van der Waals surface area contributed by atoms with Crippen LogP contribution in [-0.4, -0.2) is 5.67 Å². The quantitative estimate of drug-likeness (QED) is 0.539. The van der Waals surface area contributed by atoms with E-state index in [0.29, 0.717) is 5.92 Å². The van der Waals surface area contributed by atoms with Crippen molar-refractivity contribution in [2.24, 2.45) is 5.92 Å². The first-order valence-corrected chi connectivity index (χ1v) is 3.83. The normalized spacial score (nSPS) is 42.3. The van der Waals surface area contributed by atoms with Crippen LogP contribution in [0.25, 0.3) is 0 Å². The third-order valence-corrected chi connectivity index (χ3v) is 2.13. The van der Waals surface area contributed by atoms with Crippen molar-refractivity contribution in [2.75, 3.05) is 0 Å². The molecule has 0 heterocycles. The van der Waals surface area contributed by atoms with Gasteiger partial charge < -0.3 is 0 Å². The van der Waals surface area contributed by atoms with Crippen molar-refractivity contribution >= 4 is 0 Å². The molecule has 0 aromatic carbocycles. The molecule has 1 saturated carbocycles. The summed E-state index contributed by atoms with van der Waals surface area (Å²) in [7, 11) is 0. The minimum absolute atomic E-state index is 0.699. The second-order valence-corrected chi connectivity index (χ2v) is 3.48. The van der Waals surface area contributed by atoms with E-state index in [1.54, 1.807) is 6.92 Å². The van der Waals surface area contributed by atoms with Gasteiger partial charge in [0, 0.05) is 0 Å². The second-order valence-electron chi connectivity index (χ2n) is 3.48. The van der Waals surface area contributed by atoms with Crippen molar-refractivity contribution in [3.05, 3.63) is 0 Å². The van der Waals surface area contributed by atoms with Gasteiger partial charge in [-0.05, 0) is 25.7 Å². The Bertz CT molecular complexity index is 88.7. The molecule has 0 spiro atoms. The third-order valence-electron chi connectivity index (χ3n) is 2.13. The molecule has 0 N–H and O–H groups in total. The van der Waals surface area contributed by atoms with E-state index < -0.39 is 5.67 Å². The van der Waals surface area contributed by atoms with E-state index in [4.69, 9.17) is 0 Å². The van der Waals surface area contributed by atoms with E-state index in [9.17, 15) is 4.39 Å². The highest BCUT2D eigenvalue weighted by Gasteiger charge is 2.39. The predicted octanol–water partition coefficient (Wildman–Crippen LogP) is 2.92. The number of hydrogen-bond donors (Lipinski definition) is 0. The summed E-state index contributed by atoms with van der Waals surface area (Å²) in [5.74, 6) is 0.699. The molecule has 0 nitrogen and oxygen atoms in total. The Kier molecular flexibility index (Phi) is 1.78. The lowest BCUT2D eigenvalue weighted by Crippen LogP contribution is -2.36. The highest BCUT2D eigenvalue weighted by Crippen LogP contribution is 2.42. The molecule has 1 rings (SSSR count). The molecule has 0 radical (unpaired) electrons. The number of halogens is 1. The maximum Gasteiger partial charge on any atom is 0.108 e. The zero-order valence-corrected chi connectivity index (χ0v) is 6.28. The van der Waals surface area contributed by atoms with Gasteiger partial charge in [0.15, 0.2) is 0 Å². The Morgan fingerprint density at radius 1 is 1.56 bits per heavy atom. The summed E-state index contributed by atoms with van der Waals surface area (Å²) >= 11 is 0. The van der Waals surface area contributed by atoms with Crippen LogP contribution >= 0.6 is 0 Å². The molecular formula is C8H15F. The summed E-state index contributed by atoms with van der Waals surface area (Å²) in [6.45, 7) is 3.87. The number of alkyl halides is 1. The Hall–Kier alpha value is -0.0700. The van der Waals surface area contributed by atoms with Crippen molar-refractivity contribution in [2.45, 2.75) is 45.2 Å². The van der Waals surface area contributed by atoms with Gasteiger partial charge in [0.2, 0.25) is 0 Å². The van der Waals surface area contributed by atoms with Gasteiger partial charge in [-0.15, -0.1) is 0 Å². The maximum absolute atomic E-state index is 12.8. The van der Waals surface area contributed by atoms with Crippen molar-refractivity contribution in [3.8, 4) is 0 Å². The van der Waals surface area contributed by atoms with Gasteiger partial charge in [0.25, 0.3) is 0 Å². The van der Waals surface area contributed by atoms with Crippen molar-refractivity contribution < 1.29 is 4.39 Å². The lowest BCUT2D eigenvalue weighted by Gasteiger charge is -2.38. The van der Waals surface area contributed by atoms with Gasteiger partial charge in [0.05, 0.1) is 0 Å². The Morgan fingerprint density at radius 3 is 2.44 bits per heavy atom. The Labute approximate surface area is 56.5 Å². The van der Waals surface area contributed by atoms with Crippen LogP contribution in [0.15, 0.2) is 0 Å². The summed E-state index contributed by atoms with van der Waals surface area (Å²) in [4.78, 5) is 0. The van der Waals surface area contributed by atoms with Crippen LogP contribution in [-0.2, 0) is 0 Å². The van der Waals surface area contributed by atoms with Gasteiger partial charge in [0.1, 0.15) is 5.67 Å². The smallest absolute Gasteiger partial charge is 0.108 e. The summed E-state index contributed by atoms with van der Waals surface area (Å²) in [5.41, 5.74) is -0.806. The zero-order valence-electron chi connectivity index (χ0n) is 6.28. The van der Waals surface area contributed by atoms with Gasteiger partial charge >= 0.3 is 0 Å². The molecule has 0 saturated heterocycles. The molecule has 1 heteroatoms. The Morgan fingerprint density at radius 2 is 2.11 bits per heavy atom. The lowest BCUT2D eigenvalue weighted by atomic mass is 9.72. The van der Waals surface area contributed by atoms with E-state index in [1.807, 2.05) is 0 Å². The first kappa shape index (κ1) is 7.04. The summed E-state index contributed by atoms with van der Waals surface area (Å²) in [5, 5.41) is 0. The predicted molar refractivity (Wildman–Crippen MR) is 37.1 cm³/mol. The minimum Gasteiger partial charge on any atom is -0.244 e. The fourth-order valence-corrected chi connectivity index (χ4v) is 1.76. The molecule has 0 aromatic heterocycles. The summed E-state index contributed by atoms with van der Waals surface area (Å²) < 4.78 is 12.8. The van der Waals surface area contributed by atoms with Crippen LogP contribution < -0.4 is 0 Å². The molecule has 0 atom stereocenters. The third kappa shape index (κ3) is 1.67. The minimum atomic E-state index is -0.806. The van der Waals surface area contributed by atoms with Crippen LogP contribution in [0.4, 0.5) is 4.39 Å². The summed E-state index contributed by atoms with van der Waals surface area (Å²) in [6, 6.07) is 0. The van der Waals surface area contributed by atoms with Crippen molar-refractivity contribution in [1.82, 2.24) is 0 Å². The van der Waals surface area contributed by atoms with E-state index in [2.05, 4.69) is 6.92 Å². The molecule has 1 fully saturated rings. The van der Waals surface area contributed by atoms with E-state index in [-0.39, 0.29) is 0 Å². The molecular weight excluding hydrogens is 115 g/mol. The molecule has 54 valence electrons. The fourth-order valence-electron chi connectivity index (χ4n) is 1.76. The van der Waals surface area contributed by atoms with E-state index in [0.717, 1.165) is 12.8 Å². The molecule has 1 aliphatic rings. The highest BCUT2D eigenvalue weighted by atomic mass is 19.1. The van der Waals surface area contributed by atoms with Gasteiger partial charge in [-0.1, -0.05) is 19.8 Å². The van der Waals surface area contributed by atoms with E-state index in [1.165, 1.54) is 12.8 Å². The standard InChI is InChI=1S/C8H15F/c1-3-4-7-5-8(2,9)6-7/h7H,3-6H2,1-2H3. The first-order chi connectivity index (χ1) is 4.14. The average molecular weight is 130 g/mol. The molecule has 0 aliphatic heterocycles. The SMILES string of the molecule is CCCC1CC(C)(F)C1. The van der Waals surface area contributed by atoms with E-state index >= 15 is 0 Å². The zero-order chi connectivity index (χ0) is 6.91. The van der Waals surface area contributed by atoms with Crippen LogP contribution in [0.2, 0.25) is 0 Å². The highest BCUT2D eigenvalue weighted by molar-refractivity contribution is 4.90. The first-order valence-electron chi connectivity index (χ1n) is 3.83. The van der Waals surface area contributed by atoms with Crippen LogP contribution in [0.1, 0.15) is 39.5 Å². The largest absolute Gasteiger partial charge is 0.244 e. The summed E-state index contributed by atoms with van der Waals surface area (Å²) in [6.07, 6.45) is 4.04. The monoisotopic (exact) mass is 130 g/mol.